The Kier molecular flexibility index (Phi) is 5.51. The van der Waals surface area contributed by atoms with Gasteiger partial charge in [-0.05, 0) is 43.3 Å². The molecule has 0 aliphatic carbocycles. The van der Waals surface area contributed by atoms with Gasteiger partial charge in [-0.3, -0.25) is 0 Å². The number of esters is 1. The molecule has 0 saturated heterocycles. The molecule has 0 radical (unpaired) electrons. The summed E-state index contributed by atoms with van der Waals surface area (Å²) in [5, 5.41) is 0.409. The lowest BCUT2D eigenvalue weighted by atomic mass is 10.2. The van der Waals surface area contributed by atoms with Crippen LogP contribution in [0, 0.1) is 0 Å². The third kappa shape index (κ3) is 4.37. The summed E-state index contributed by atoms with van der Waals surface area (Å²) in [6.45, 7) is 1.84. The van der Waals surface area contributed by atoms with Gasteiger partial charge in [-0.2, -0.15) is 8.42 Å². The summed E-state index contributed by atoms with van der Waals surface area (Å²) in [7, 11) is -4.15. The summed E-state index contributed by atoms with van der Waals surface area (Å²) in [5.41, 5.74) is 0.110. The molecule has 0 aliphatic heterocycles. The van der Waals surface area contributed by atoms with Crippen LogP contribution in [0.4, 0.5) is 0 Å². The quantitative estimate of drug-likeness (QED) is 0.585. The Balaban J connectivity index is 2.32. The first-order valence-electron chi connectivity index (χ1n) is 6.50. The van der Waals surface area contributed by atoms with E-state index in [1.165, 1.54) is 42.5 Å². The second kappa shape index (κ2) is 7.21. The van der Waals surface area contributed by atoms with Crippen LogP contribution in [-0.2, 0) is 14.9 Å². The number of hydrogen-bond acceptors (Lipinski definition) is 5. The van der Waals surface area contributed by atoms with Gasteiger partial charge in [0.1, 0.15) is 4.90 Å². The van der Waals surface area contributed by atoms with E-state index < -0.39 is 16.1 Å². The van der Waals surface area contributed by atoms with Crippen molar-refractivity contribution in [1.29, 1.82) is 0 Å². The Bertz CT molecular complexity index is 834. The molecular weight excluding hydrogens is 363 g/mol. The number of carbonyl (C=O) groups excluding carboxylic acids is 1. The van der Waals surface area contributed by atoms with Gasteiger partial charge in [0.25, 0.3) is 0 Å². The Hall–Kier alpha value is -1.76. The van der Waals surface area contributed by atoms with E-state index in [9.17, 15) is 13.2 Å². The van der Waals surface area contributed by atoms with Gasteiger partial charge in [-0.25, -0.2) is 4.79 Å². The van der Waals surface area contributed by atoms with Crippen LogP contribution in [0.15, 0.2) is 47.4 Å². The third-order valence-electron chi connectivity index (χ3n) is 2.73. The van der Waals surface area contributed by atoms with E-state index in [1.807, 2.05) is 0 Å². The Morgan fingerprint density at radius 2 is 1.87 bits per heavy atom. The zero-order valence-electron chi connectivity index (χ0n) is 12.0. The van der Waals surface area contributed by atoms with E-state index in [-0.39, 0.29) is 27.8 Å². The maximum Gasteiger partial charge on any atom is 0.339 e. The van der Waals surface area contributed by atoms with E-state index in [1.54, 1.807) is 6.92 Å². The van der Waals surface area contributed by atoms with Gasteiger partial charge in [-0.1, -0.05) is 29.3 Å². The molecule has 0 heterocycles. The van der Waals surface area contributed by atoms with Crippen LogP contribution in [0.25, 0.3) is 0 Å². The maximum absolute atomic E-state index is 12.3. The lowest BCUT2D eigenvalue weighted by Crippen LogP contribution is -2.12. The minimum Gasteiger partial charge on any atom is -0.462 e. The Labute approximate surface area is 143 Å². The molecule has 0 bridgehead atoms. The summed E-state index contributed by atoms with van der Waals surface area (Å²) in [4.78, 5) is 11.5. The molecule has 0 spiro atoms. The highest BCUT2D eigenvalue weighted by Crippen LogP contribution is 2.30. The fourth-order valence-corrected chi connectivity index (χ4v) is 3.19. The molecule has 0 amide bonds. The highest BCUT2D eigenvalue weighted by atomic mass is 35.5. The van der Waals surface area contributed by atoms with Crippen molar-refractivity contribution in [1.82, 2.24) is 0 Å². The SMILES string of the molecule is CCOC(=O)c1cccc(S(=O)(=O)Oc2ccc(Cl)cc2Cl)c1. The van der Waals surface area contributed by atoms with E-state index in [0.717, 1.165) is 0 Å². The first-order valence-corrected chi connectivity index (χ1v) is 8.66. The van der Waals surface area contributed by atoms with Crippen LogP contribution >= 0.6 is 23.2 Å². The van der Waals surface area contributed by atoms with Crippen LogP contribution in [0.5, 0.6) is 5.75 Å². The van der Waals surface area contributed by atoms with Crippen molar-refractivity contribution in [3.8, 4) is 5.75 Å². The summed E-state index contributed by atoms with van der Waals surface area (Å²) < 4.78 is 34.4. The third-order valence-corrected chi connectivity index (χ3v) is 4.49. The molecule has 0 N–H and O–H groups in total. The average Bonchev–Trinajstić information content (AvgIpc) is 2.50. The number of hydrogen-bond donors (Lipinski definition) is 0. The van der Waals surface area contributed by atoms with Crippen LogP contribution in [-0.4, -0.2) is 21.0 Å². The van der Waals surface area contributed by atoms with Crippen LogP contribution in [0.3, 0.4) is 0 Å². The molecule has 122 valence electrons. The summed E-state index contributed by atoms with van der Waals surface area (Å²) in [6, 6.07) is 9.52. The molecule has 0 unspecified atom stereocenters. The average molecular weight is 375 g/mol. The van der Waals surface area contributed by atoms with E-state index in [4.69, 9.17) is 32.1 Å². The first kappa shape index (κ1) is 17.6. The number of rotatable bonds is 5. The molecular formula is C15H12Cl2O5S. The molecule has 23 heavy (non-hydrogen) atoms. The molecule has 8 heteroatoms. The number of ether oxygens (including phenoxy) is 1. The smallest absolute Gasteiger partial charge is 0.339 e. The number of carbonyl (C=O) groups is 1. The van der Waals surface area contributed by atoms with Gasteiger partial charge in [-0.15, -0.1) is 0 Å². The van der Waals surface area contributed by atoms with E-state index >= 15 is 0 Å². The normalized spacial score (nSPS) is 11.1. The Morgan fingerprint density at radius 3 is 2.52 bits per heavy atom. The molecule has 2 aromatic rings. The van der Waals surface area contributed by atoms with Crippen LogP contribution < -0.4 is 4.18 Å². The maximum atomic E-state index is 12.3. The molecule has 2 aromatic carbocycles. The number of halogens is 2. The molecule has 5 nitrogen and oxygen atoms in total. The molecule has 0 aliphatic rings. The highest BCUT2D eigenvalue weighted by molar-refractivity contribution is 7.87. The minimum absolute atomic E-state index is 0.0578. The van der Waals surface area contributed by atoms with Crippen molar-refractivity contribution in [2.45, 2.75) is 11.8 Å². The standard InChI is InChI=1S/C15H12Cl2O5S/c1-2-21-15(18)10-4-3-5-12(8-10)23(19,20)22-14-7-6-11(16)9-13(14)17/h3-9H,2H2,1H3. The monoisotopic (exact) mass is 374 g/mol. The molecule has 0 aromatic heterocycles. The second-order valence-corrected chi connectivity index (χ2v) is 6.75. The highest BCUT2D eigenvalue weighted by Gasteiger charge is 2.20. The lowest BCUT2D eigenvalue weighted by Gasteiger charge is -2.09. The number of benzene rings is 2. The summed E-state index contributed by atoms with van der Waals surface area (Å²) in [5.74, 6) is -0.674. The van der Waals surface area contributed by atoms with Crippen molar-refractivity contribution in [3.05, 3.63) is 58.1 Å². The van der Waals surface area contributed by atoms with Crippen LogP contribution in [0.2, 0.25) is 10.0 Å². The van der Waals surface area contributed by atoms with Gasteiger partial charge in [0.2, 0.25) is 0 Å². The summed E-state index contributed by atoms with van der Waals surface area (Å²) in [6.07, 6.45) is 0. The zero-order chi connectivity index (χ0) is 17.0. The van der Waals surface area contributed by atoms with Crippen molar-refractivity contribution < 1.29 is 22.1 Å². The summed E-state index contributed by atoms with van der Waals surface area (Å²) >= 11 is 11.6. The Morgan fingerprint density at radius 1 is 1.13 bits per heavy atom. The molecule has 0 atom stereocenters. The molecule has 2 rings (SSSR count). The van der Waals surface area contributed by atoms with E-state index in [0.29, 0.717) is 5.02 Å². The van der Waals surface area contributed by atoms with Gasteiger partial charge < -0.3 is 8.92 Å². The minimum atomic E-state index is -4.15. The van der Waals surface area contributed by atoms with Crippen molar-refractivity contribution in [2.24, 2.45) is 0 Å². The van der Waals surface area contributed by atoms with Crippen molar-refractivity contribution in [2.75, 3.05) is 6.61 Å². The van der Waals surface area contributed by atoms with Gasteiger partial charge in [0, 0.05) is 5.02 Å². The predicted octanol–water partition coefficient (Wildman–Crippen LogP) is 3.94. The van der Waals surface area contributed by atoms with Crippen molar-refractivity contribution >= 4 is 39.3 Å². The fourth-order valence-electron chi connectivity index (χ4n) is 1.70. The van der Waals surface area contributed by atoms with Gasteiger partial charge in [0.15, 0.2) is 5.75 Å². The van der Waals surface area contributed by atoms with Crippen molar-refractivity contribution in [3.63, 3.8) is 0 Å². The molecule has 0 fully saturated rings. The van der Waals surface area contributed by atoms with E-state index in [2.05, 4.69) is 0 Å². The largest absolute Gasteiger partial charge is 0.462 e. The first-order chi connectivity index (χ1) is 10.8. The van der Waals surface area contributed by atoms with Gasteiger partial charge in [0.05, 0.1) is 17.2 Å². The predicted molar refractivity (Wildman–Crippen MR) is 86.7 cm³/mol. The molecule has 0 saturated carbocycles. The zero-order valence-corrected chi connectivity index (χ0v) is 14.3. The van der Waals surface area contributed by atoms with Crippen LogP contribution in [0.1, 0.15) is 17.3 Å². The lowest BCUT2D eigenvalue weighted by molar-refractivity contribution is 0.0526. The second-order valence-electron chi connectivity index (χ2n) is 4.36. The topological polar surface area (TPSA) is 69.7 Å². The fraction of sp³-hybridized carbons (Fsp3) is 0.133. The van der Waals surface area contributed by atoms with Gasteiger partial charge >= 0.3 is 16.1 Å².